The molecule has 0 saturated heterocycles. The Labute approximate surface area is 141 Å². The number of nitrogens with one attached hydrogen (secondary N) is 1. The summed E-state index contributed by atoms with van der Waals surface area (Å²) >= 11 is 0. The van der Waals surface area contributed by atoms with E-state index >= 15 is 0 Å². The number of carbonyl (C=O) groups is 2. The predicted molar refractivity (Wildman–Crippen MR) is 82.9 cm³/mol. The minimum atomic E-state index is -2.90. The Kier molecular flexibility index (Phi) is 6.21. The van der Waals surface area contributed by atoms with Crippen LogP contribution in [0.3, 0.4) is 0 Å². The van der Waals surface area contributed by atoms with Gasteiger partial charge in [-0.25, -0.2) is 4.79 Å². The van der Waals surface area contributed by atoms with E-state index in [1.54, 1.807) is 6.92 Å². The fourth-order valence-electron chi connectivity index (χ4n) is 1.71. The van der Waals surface area contributed by atoms with Crippen LogP contribution in [0.4, 0.5) is 14.6 Å². The molecule has 1 N–H and O–H groups in total. The summed E-state index contributed by atoms with van der Waals surface area (Å²) in [6, 6.07) is 7.16. The number of aromatic nitrogens is 1. The number of rotatable bonds is 7. The first-order valence-corrected chi connectivity index (χ1v) is 7.05. The topological polar surface area (TPSA) is 90.7 Å². The number of halogens is 2. The summed E-state index contributed by atoms with van der Waals surface area (Å²) in [4.78, 5) is 23.1. The fraction of sp³-hybridized carbons (Fsp3) is 0.188. The van der Waals surface area contributed by atoms with E-state index < -0.39 is 25.1 Å². The predicted octanol–water partition coefficient (Wildman–Crippen LogP) is 2.78. The second kappa shape index (κ2) is 8.57. The number of aryl methyl sites for hydroxylation is 1. The van der Waals surface area contributed by atoms with Crippen molar-refractivity contribution in [3.8, 4) is 5.75 Å². The maximum absolute atomic E-state index is 12.0. The quantitative estimate of drug-likeness (QED) is 0.609. The van der Waals surface area contributed by atoms with E-state index in [4.69, 9.17) is 9.26 Å². The van der Waals surface area contributed by atoms with Gasteiger partial charge in [0.05, 0.1) is 0 Å². The zero-order valence-electron chi connectivity index (χ0n) is 13.1. The van der Waals surface area contributed by atoms with Crippen LogP contribution in [0.1, 0.15) is 11.3 Å². The molecule has 0 aliphatic heterocycles. The maximum atomic E-state index is 12.0. The summed E-state index contributed by atoms with van der Waals surface area (Å²) in [6.45, 7) is -1.72. The number of carbonyl (C=O) groups excluding carboxylic acids is 2. The average molecular weight is 352 g/mol. The molecule has 0 bridgehead atoms. The molecule has 0 radical (unpaired) electrons. The van der Waals surface area contributed by atoms with Gasteiger partial charge in [-0.2, -0.15) is 8.78 Å². The molecule has 0 unspecified atom stereocenters. The van der Waals surface area contributed by atoms with Crippen LogP contribution in [-0.2, 0) is 14.3 Å². The second-order valence-electron chi connectivity index (χ2n) is 4.76. The van der Waals surface area contributed by atoms with Crippen molar-refractivity contribution < 1.29 is 32.4 Å². The van der Waals surface area contributed by atoms with Crippen LogP contribution in [0.2, 0.25) is 0 Å². The Morgan fingerprint density at radius 1 is 1.32 bits per heavy atom. The number of hydrogen-bond donors (Lipinski definition) is 1. The van der Waals surface area contributed by atoms with E-state index in [9.17, 15) is 18.4 Å². The molecule has 0 saturated carbocycles. The molecule has 0 atom stereocenters. The number of nitrogens with zero attached hydrogens (tertiary/aromatic N) is 1. The van der Waals surface area contributed by atoms with E-state index in [0.717, 1.165) is 6.08 Å². The molecule has 1 amide bonds. The normalized spacial score (nSPS) is 10.9. The Bertz CT molecular complexity index is 756. The fourth-order valence-corrected chi connectivity index (χ4v) is 1.71. The number of esters is 1. The van der Waals surface area contributed by atoms with Crippen molar-refractivity contribution in [2.75, 3.05) is 11.9 Å². The van der Waals surface area contributed by atoms with Crippen molar-refractivity contribution in [2.45, 2.75) is 13.5 Å². The van der Waals surface area contributed by atoms with Gasteiger partial charge < -0.3 is 19.3 Å². The van der Waals surface area contributed by atoms with Crippen LogP contribution in [0.5, 0.6) is 5.75 Å². The monoisotopic (exact) mass is 352 g/mol. The molecule has 0 aliphatic carbocycles. The number of anilines is 1. The highest BCUT2D eigenvalue weighted by molar-refractivity contribution is 5.94. The minimum Gasteiger partial charge on any atom is -0.452 e. The third-order valence-electron chi connectivity index (χ3n) is 2.76. The second-order valence-corrected chi connectivity index (χ2v) is 4.76. The lowest BCUT2D eigenvalue weighted by Crippen LogP contribution is -2.20. The number of amides is 1. The van der Waals surface area contributed by atoms with Gasteiger partial charge in [0.15, 0.2) is 12.4 Å². The molecule has 1 aromatic heterocycles. The average Bonchev–Trinajstić information content (AvgIpc) is 2.96. The lowest BCUT2D eigenvalue weighted by Gasteiger charge is -2.04. The summed E-state index contributed by atoms with van der Waals surface area (Å²) in [5, 5.41) is 5.96. The van der Waals surface area contributed by atoms with Crippen molar-refractivity contribution in [1.29, 1.82) is 0 Å². The molecule has 2 aromatic rings. The van der Waals surface area contributed by atoms with E-state index in [1.165, 1.54) is 36.4 Å². The Morgan fingerprint density at radius 3 is 2.64 bits per heavy atom. The van der Waals surface area contributed by atoms with Gasteiger partial charge in [0, 0.05) is 12.1 Å². The van der Waals surface area contributed by atoms with Gasteiger partial charge in [0.1, 0.15) is 11.5 Å². The van der Waals surface area contributed by atoms with E-state index in [-0.39, 0.29) is 11.6 Å². The van der Waals surface area contributed by atoms with Gasteiger partial charge in [0.2, 0.25) is 0 Å². The van der Waals surface area contributed by atoms with E-state index in [0.29, 0.717) is 11.3 Å². The lowest BCUT2D eigenvalue weighted by atomic mass is 10.2. The number of alkyl halides is 2. The summed E-state index contributed by atoms with van der Waals surface area (Å²) < 4.78 is 37.8. The van der Waals surface area contributed by atoms with Crippen LogP contribution >= 0.6 is 0 Å². The lowest BCUT2D eigenvalue weighted by molar-refractivity contribution is -0.142. The Hall–Kier alpha value is -3.23. The Morgan fingerprint density at radius 2 is 2.04 bits per heavy atom. The standard InChI is InChI=1S/C16H14F2N2O5/c1-10-8-13(20-25-10)19-14(21)9-23-15(22)7-4-11-2-5-12(6-3-11)24-16(17)18/h2-8,16H,9H2,1H3,(H,19,20,21)/b7-4+. The van der Waals surface area contributed by atoms with Crippen molar-refractivity contribution >= 4 is 23.8 Å². The van der Waals surface area contributed by atoms with Crippen LogP contribution < -0.4 is 10.1 Å². The molecule has 2 rings (SSSR count). The van der Waals surface area contributed by atoms with Crippen LogP contribution in [0.25, 0.3) is 6.08 Å². The third kappa shape index (κ3) is 6.42. The first-order chi connectivity index (χ1) is 11.9. The highest BCUT2D eigenvalue weighted by Gasteiger charge is 2.08. The molecule has 132 valence electrons. The van der Waals surface area contributed by atoms with Crippen molar-refractivity contribution in [3.05, 3.63) is 47.7 Å². The summed E-state index contributed by atoms with van der Waals surface area (Å²) in [6.07, 6.45) is 2.52. The molecular weight excluding hydrogens is 338 g/mol. The number of benzene rings is 1. The van der Waals surface area contributed by atoms with Crippen molar-refractivity contribution in [3.63, 3.8) is 0 Å². The summed E-state index contributed by atoms with van der Waals surface area (Å²) in [5.41, 5.74) is 0.570. The largest absolute Gasteiger partial charge is 0.452 e. The first-order valence-electron chi connectivity index (χ1n) is 7.05. The SMILES string of the molecule is Cc1cc(NC(=O)COC(=O)/C=C/c2ccc(OC(F)F)cc2)no1. The van der Waals surface area contributed by atoms with Crippen molar-refractivity contribution in [2.24, 2.45) is 0 Å². The van der Waals surface area contributed by atoms with E-state index in [2.05, 4.69) is 15.2 Å². The number of hydrogen-bond acceptors (Lipinski definition) is 6. The molecule has 0 fully saturated rings. The van der Waals surface area contributed by atoms with Crippen LogP contribution in [0, 0.1) is 6.92 Å². The van der Waals surface area contributed by atoms with E-state index in [1.807, 2.05) is 0 Å². The molecule has 25 heavy (non-hydrogen) atoms. The highest BCUT2D eigenvalue weighted by atomic mass is 19.3. The van der Waals surface area contributed by atoms with Gasteiger partial charge in [0.25, 0.3) is 5.91 Å². The van der Waals surface area contributed by atoms with Gasteiger partial charge in [-0.1, -0.05) is 17.3 Å². The minimum absolute atomic E-state index is 0.00879. The molecule has 0 spiro atoms. The van der Waals surface area contributed by atoms with Gasteiger partial charge in [-0.05, 0) is 30.7 Å². The maximum Gasteiger partial charge on any atom is 0.387 e. The third-order valence-corrected chi connectivity index (χ3v) is 2.76. The molecule has 9 heteroatoms. The molecular formula is C16H14F2N2O5. The molecule has 7 nitrogen and oxygen atoms in total. The van der Waals surface area contributed by atoms with Gasteiger partial charge in [-0.3, -0.25) is 4.79 Å². The zero-order valence-corrected chi connectivity index (χ0v) is 13.1. The molecule has 1 aromatic carbocycles. The first kappa shape index (κ1) is 18.1. The molecule has 0 aliphatic rings. The van der Waals surface area contributed by atoms with Crippen molar-refractivity contribution in [1.82, 2.24) is 5.16 Å². The van der Waals surface area contributed by atoms with Crippen LogP contribution in [0.15, 0.2) is 40.9 Å². The van der Waals surface area contributed by atoms with Gasteiger partial charge in [-0.15, -0.1) is 0 Å². The Balaban J connectivity index is 1.77. The smallest absolute Gasteiger partial charge is 0.387 e. The number of ether oxygens (including phenoxy) is 2. The zero-order chi connectivity index (χ0) is 18.2. The van der Waals surface area contributed by atoms with Crippen LogP contribution in [-0.4, -0.2) is 30.3 Å². The molecule has 1 heterocycles. The summed E-state index contributed by atoms with van der Waals surface area (Å²) in [5.74, 6) is -0.544. The van der Waals surface area contributed by atoms with Gasteiger partial charge >= 0.3 is 12.6 Å². The summed E-state index contributed by atoms with van der Waals surface area (Å²) in [7, 11) is 0. The highest BCUT2D eigenvalue weighted by Crippen LogP contribution is 2.15.